The molecule has 0 spiro atoms. The third-order valence-corrected chi connectivity index (χ3v) is 7.44. The first-order valence-electron chi connectivity index (χ1n) is 11.4. The van der Waals surface area contributed by atoms with Crippen LogP contribution in [0.5, 0.6) is 5.75 Å². The third kappa shape index (κ3) is 3.85. The maximum Gasteiger partial charge on any atom is 0.387 e. The van der Waals surface area contributed by atoms with Crippen molar-refractivity contribution in [1.29, 1.82) is 0 Å². The summed E-state index contributed by atoms with van der Waals surface area (Å²) < 4.78 is 37.5. The quantitative estimate of drug-likeness (QED) is 0.693. The van der Waals surface area contributed by atoms with E-state index in [1.54, 1.807) is 13.3 Å². The molecule has 3 fully saturated rings. The van der Waals surface area contributed by atoms with E-state index in [1.807, 2.05) is 0 Å². The average molecular weight is 448 g/mol. The lowest BCUT2D eigenvalue weighted by molar-refractivity contribution is -0.0494. The predicted molar refractivity (Wildman–Crippen MR) is 117 cm³/mol. The van der Waals surface area contributed by atoms with Crippen LogP contribution in [0.25, 0.3) is 11.3 Å². The van der Waals surface area contributed by atoms with Crippen LogP contribution in [0.4, 0.5) is 14.6 Å². The highest BCUT2D eigenvalue weighted by Gasteiger charge is 2.59. The number of halogens is 2. The largest absolute Gasteiger partial charge is 0.431 e. The van der Waals surface area contributed by atoms with Crippen LogP contribution in [-0.4, -0.2) is 58.6 Å². The van der Waals surface area contributed by atoms with Crippen molar-refractivity contribution in [1.82, 2.24) is 19.7 Å². The zero-order chi connectivity index (χ0) is 22.6. The number of nitrogens with two attached hydrogens (primary N) is 1. The van der Waals surface area contributed by atoms with Crippen LogP contribution in [-0.2, 0) is 4.74 Å². The van der Waals surface area contributed by atoms with Crippen molar-refractivity contribution in [2.45, 2.75) is 63.8 Å². The number of aromatic nitrogens is 3. The normalized spacial score (nSPS) is 29.8. The predicted octanol–water partition coefficient (Wildman–Crippen LogP) is 3.92. The molecule has 3 heterocycles. The maximum atomic E-state index is 12.7. The van der Waals surface area contributed by atoms with Gasteiger partial charge in [-0.05, 0) is 57.1 Å². The van der Waals surface area contributed by atoms with Crippen LogP contribution in [0.15, 0.2) is 18.3 Å². The molecule has 2 saturated carbocycles. The summed E-state index contributed by atoms with van der Waals surface area (Å²) in [5.41, 5.74) is 8.26. The molecule has 1 aliphatic heterocycles. The number of anilines is 1. The number of methoxy groups -OCH3 is 1. The summed E-state index contributed by atoms with van der Waals surface area (Å²) in [6, 6.07) is 4.45. The fraction of sp³-hybridized carbons (Fsp3) is 0.652. The van der Waals surface area contributed by atoms with Gasteiger partial charge in [0.25, 0.3) is 0 Å². The fourth-order valence-electron chi connectivity index (χ4n) is 5.83. The van der Waals surface area contributed by atoms with Gasteiger partial charge in [-0.3, -0.25) is 9.58 Å². The third-order valence-electron chi connectivity index (χ3n) is 7.44. The Balaban J connectivity index is 1.34. The van der Waals surface area contributed by atoms with Gasteiger partial charge in [0.2, 0.25) is 0 Å². The lowest BCUT2D eigenvalue weighted by Crippen LogP contribution is -2.33. The van der Waals surface area contributed by atoms with Crippen molar-refractivity contribution in [3.63, 3.8) is 0 Å². The van der Waals surface area contributed by atoms with E-state index in [9.17, 15) is 8.78 Å². The monoisotopic (exact) mass is 447 g/mol. The summed E-state index contributed by atoms with van der Waals surface area (Å²) in [4.78, 5) is 6.64. The second-order valence-corrected chi connectivity index (χ2v) is 9.60. The van der Waals surface area contributed by atoms with Gasteiger partial charge in [0.15, 0.2) is 11.6 Å². The molecular formula is C23H31F2N5O2. The molecule has 3 aliphatic rings. The Bertz CT molecular complexity index is 969. The molecule has 2 aromatic heterocycles. The highest BCUT2D eigenvalue weighted by Crippen LogP contribution is 2.64. The smallest absolute Gasteiger partial charge is 0.387 e. The highest BCUT2D eigenvalue weighted by atomic mass is 19.3. The number of rotatable bonds is 7. The molecule has 2 unspecified atom stereocenters. The van der Waals surface area contributed by atoms with Gasteiger partial charge >= 0.3 is 6.61 Å². The molecule has 2 aromatic rings. The number of pyridine rings is 1. The SMILES string of the molecule is CO[C@@H]1CCN(C2C[C@@H]3C(c4cc(-c5cnc(N)c(OC(F)F)c5)nn4C(C)C)[C@@H]3C2)C1. The maximum absolute atomic E-state index is 12.7. The first-order chi connectivity index (χ1) is 15.4. The van der Waals surface area contributed by atoms with E-state index in [0.717, 1.165) is 19.5 Å². The van der Waals surface area contributed by atoms with Crippen molar-refractivity contribution < 1.29 is 18.3 Å². The molecule has 2 aliphatic carbocycles. The molecule has 5 atom stereocenters. The molecule has 1 saturated heterocycles. The second-order valence-electron chi connectivity index (χ2n) is 9.60. The van der Waals surface area contributed by atoms with E-state index < -0.39 is 6.61 Å². The second kappa shape index (κ2) is 8.26. The summed E-state index contributed by atoms with van der Waals surface area (Å²) in [5.74, 6) is 1.70. The minimum atomic E-state index is -2.95. The van der Waals surface area contributed by atoms with Crippen molar-refractivity contribution in [3.8, 4) is 17.0 Å². The average Bonchev–Trinajstić information content (AvgIpc) is 3.23. The van der Waals surface area contributed by atoms with Crippen LogP contribution >= 0.6 is 0 Å². The number of nitrogens with zero attached hydrogens (tertiary/aromatic N) is 4. The Labute approximate surface area is 186 Å². The minimum absolute atomic E-state index is 0.0574. The molecule has 0 aromatic carbocycles. The molecule has 5 rings (SSSR count). The van der Waals surface area contributed by atoms with Crippen LogP contribution in [0.2, 0.25) is 0 Å². The van der Waals surface area contributed by atoms with Gasteiger partial charge in [0, 0.05) is 55.7 Å². The fourth-order valence-corrected chi connectivity index (χ4v) is 5.83. The van der Waals surface area contributed by atoms with Crippen LogP contribution in [0.3, 0.4) is 0 Å². The lowest BCUT2D eigenvalue weighted by Gasteiger charge is -2.26. The van der Waals surface area contributed by atoms with Gasteiger partial charge in [-0.1, -0.05) is 0 Å². The Hall–Kier alpha value is -2.26. The van der Waals surface area contributed by atoms with Gasteiger partial charge < -0.3 is 15.2 Å². The Kier molecular flexibility index (Phi) is 5.57. The number of nitrogen functional groups attached to an aromatic ring is 1. The highest BCUT2D eigenvalue weighted by molar-refractivity contribution is 5.64. The van der Waals surface area contributed by atoms with E-state index in [2.05, 4.69) is 39.2 Å². The number of hydrogen-bond donors (Lipinski definition) is 1. The Morgan fingerprint density at radius 3 is 2.56 bits per heavy atom. The number of likely N-dealkylation sites (tertiary alicyclic amines) is 1. The van der Waals surface area contributed by atoms with Crippen LogP contribution < -0.4 is 10.5 Å². The molecule has 174 valence electrons. The molecule has 2 N–H and O–H groups in total. The van der Waals surface area contributed by atoms with Gasteiger partial charge in [-0.2, -0.15) is 13.9 Å². The van der Waals surface area contributed by atoms with Crippen LogP contribution in [0, 0.1) is 11.8 Å². The minimum Gasteiger partial charge on any atom is -0.431 e. The molecule has 0 radical (unpaired) electrons. The van der Waals surface area contributed by atoms with E-state index in [1.165, 1.54) is 24.6 Å². The molecule has 32 heavy (non-hydrogen) atoms. The van der Waals surface area contributed by atoms with E-state index in [0.29, 0.717) is 41.2 Å². The number of alkyl halides is 2. The van der Waals surface area contributed by atoms with Crippen molar-refractivity contribution in [3.05, 3.63) is 24.0 Å². The van der Waals surface area contributed by atoms with Gasteiger partial charge in [-0.15, -0.1) is 0 Å². The number of hydrogen-bond acceptors (Lipinski definition) is 6. The zero-order valence-corrected chi connectivity index (χ0v) is 18.7. The van der Waals surface area contributed by atoms with E-state index in [4.69, 9.17) is 15.6 Å². The summed E-state index contributed by atoms with van der Waals surface area (Å²) >= 11 is 0. The molecular weight excluding hydrogens is 416 g/mol. The van der Waals surface area contributed by atoms with Crippen molar-refractivity contribution in [2.24, 2.45) is 11.8 Å². The number of ether oxygens (including phenoxy) is 2. The standard InChI is InChI=1S/C23H31F2N5O2/c1-12(2)30-19(9-18(28-30)13-6-20(32-23(24)25)22(26)27-10-13)21-16-7-14(8-17(16)21)29-5-4-15(11-29)31-3/h6,9-10,12,14-17,21,23H,4-5,7-8,11H2,1-3H3,(H2,26,27)/t14?,15-,16-,17+,21?/m1/s1. The van der Waals surface area contributed by atoms with Crippen molar-refractivity contribution >= 4 is 5.82 Å². The number of fused-ring (bicyclic) bond motifs is 1. The Morgan fingerprint density at radius 2 is 1.94 bits per heavy atom. The molecule has 0 amide bonds. The molecule has 7 nitrogen and oxygen atoms in total. The summed E-state index contributed by atoms with van der Waals surface area (Å²) in [6.45, 7) is 3.46. The van der Waals surface area contributed by atoms with Gasteiger partial charge in [-0.25, -0.2) is 4.98 Å². The Morgan fingerprint density at radius 1 is 1.19 bits per heavy atom. The first kappa shape index (κ1) is 21.6. The van der Waals surface area contributed by atoms with Crippen molar-refractivity contribution in [2.75, 3.05) is 25.9 Å². The van der Waals surface area contributed by atoms with E-state index in [-0.39, 0.29) is 17.6 Å². The molecule has 0 bridgehead atoms. The topological polar surface area (TPSA) is 78.4 Å². The summed E-state index contributed by atoms with van der Waals surface area (Å²) in [7, 11) is 1.81. The summed E-state index contributed by atoms with van der Waals surface area (Å²) in [5, 5.41) is 4.80. The van der Waals surface area contributed by atoms with Gasteiger partial charge in [0.1, 0.15) is 0 Å². The summed E-state index contributed by atoms with van der Waals surface area (Å²) in [6.07, 6.45) is 5.51. The lowest BCUT2D eigenvalue weighted by atomic mass is 10.0. The van der Waals surface area contributed by atoms with E-state index >= 15 is 0 Å². The van der Waals surface area contributed by atoms with Gasteiger partial charge in [0.05, 0.1) is 11.8 Å². The molecule has 9 heteroatoms. The first-order valence-corrected chi connectivity index (χ1v) is 11.4. The zero-order valence-electron chi connectivity index (χ0n) is 18.7. The van der Waals surface area contributed by atoms with Crippen LogP contribution in [0.1, 0.15) is 50.8 Å².